The quantitative estimate of drug-likeness (QED) is 0.182. The van der Waals surface area contributed by atoms with Gasteiger partial charge in [-0.15, -0.1) is 0 Å². The Balaban J connectivity index is 1.23. The number of nitrogens with zero attached hydrogens (tertiary/aromatic N) is 2. The second kappa shape index (κ2) is 12.0. The van der Waals surface area contributed by atoms with E-state index in [1.165, 1.54) is 0 Å². The van der Waals surface area contributed by atoms with Gasteiger partial charge >= 0.3 is 0 Å². The Labute approximate surface area is 222 Å². The molecule has 0 bridgehead atoms. The first-order valence-corrected chi connectivity index (χ1v) is 13.7. The van der Waals surface area contributed by atoms with Gasteiger partial charge in [-0.25, -0.2) is 4.98 Å². The summed E-state index contributed by atoms with van der Waals surface area (Å²) in [5.41, 5.74) is 5.43. The number of thioether (sulfide) groups is 1. The lowest BCUT2D eigenvalue weighted by molar-refractivity contribution is -0.121. The second-order valence-corrected chi connectivity index (χ2v) is 9.95. The minimum atomic E-state index is 0.0464. The first kappa shape index (κ1) is 25.0. The highest BCUT2D eigenvalue weighted by Gasteiger charge is 2.20. The SMILES string of the molecule is CCCn1c(SCCCC(=O)NCc2ccc3c(c2)OCO3)nc(-c2ccccc2)c1-c1ccccc1. The standard InChI is InChI=1S/C30H31N3O3S/c1-2-17-33-29(24-12-7-4-8-13-24)28(23-10-5-3-6-11-23)32-30(33)37-18-9-14-27(34)31-20-22-15-16-25-26(19-22)36-21-35-25/h3-8,10-13,15-16,19H,2,9,14,17-18,20-21H2,1H3,(H,31,34). The van der Waals surface area contributed by atoms with Crippen LogP contribution in [-0.4, -0.2) is 28.0 Å². The molecule has 0 unspecified atom stereocenters. The normalized spacial score (nSPS) is 12.0. The minimum Gasteiger partial charge on any atom is -0.454 e. The largest absolute Gasteiger partial charge is 0.454 e. The highest BCUT2D eigenvalue weighted by atomic mass is 32.2. The van der Waals surface area contributed by atoms with Gasteiger partial charge < -0.3 is 19.4 Å². The summed E-state index contributed by atoms with van der Waals surface area (Å²) in [5, 5.41) is 4.01. The maximum absolute atomic E-state index is 12.5. The number of benzene rings is 3. The fourth-order valence-corrected chi connectivity index (χ4v) is 5.36. The van der Waals surface area contributed by atoms with Crippen LogP contribution in [-0.2, 0) is 17.9 Å². The lowest BCUT2D eigenvalue weighted by Crippen LogP contribution is -2.22. The molecule has 3 aromatic carbocycles. The van der Waals surface area contributed by atoms with E-state index in [2.05, 4.69) is 65.3 Å². The fraction of sp³-hybridized carbons (Fsp3) is 0.267. The minimum absolute atomic E-state index is 0.0464. The number of imidazole rings is 1. The lowest BCUT2D eigenvalue weighted by Gasteiger charge is -2.12. The second-order valence-electron chi connectivity index (χ2n) is 8.89. The van der Waals surface area contributed by atoms with Crippen molar-refractivity contribution in [2.75, 3.05) is 12.5 Å². The van der Waals surface area contributed by atoms with E-state index in [1.807, 2.05) is 30.3 Å². The molecule has 7 heteroatoms. The van der Waals surface area contributed by atoms with Crippen molar-refractivity contribution in [3.8, 4) is 34.0 Å². The number of hydrogen-bond donors (Lipinski definition) is 1. The summed E-state index contributed by atoms with van der Waals surface area (Å²) in [6.07, 6.45) is 2.27. The van der Waals surface area contributed by atoms with E-state index >= 15 is 0 Å². The number of hydrogen-bond acceptors (Lipinski definition) is 5. The molecule has 6 nitrogen and oxygen atoms in total. The number of aromatic nitrogens is 2. The van der Waals surface area contributed by atoms with Crippen LogP contribution in [0.3, 0.4) is 0 Å². The zero-order valence-electron chi connectivity index (χ0n) is 21.0. The van der Waals surface area contributed by atoms with Crippen molar-refractivity contribution in [3.63, 3.8) is 0 Å². The van der Waals surface area contributed by atoms with Gasteiger partial charge in [-0.3, -0.25) is 4.79 Å². The maximum atomic E-state index is 12.5. The maximum Gasteiger partial charge on any atom is 0.231 e. The van der Waals surface area contributed by atoms with E-state index in [0.717, 1.165) is 69.9 Å². The van der Waals surface area contributed by atoms with Gasteiger partial charge in [0.05, 0.1) is 11.4 Å². The average Bonchev–Trinajstić information content (AvgIpc) is 3.55. The molecule has 37 heavy (non-hydrogen) atoms. The molecule has 0 spiro atoms. The van der Waals surface area contributed by atoms with Crippen LogP contribution in [0.1, 0.15) is 31.7 Å². The predicted molar refractivity (Wildman–Crippen MR) is 148 cm³/mol. The van der Waals surface area contributed by atoms with Crippen LogP contribution >= 0.6 is 11.8 Å². The highest BCUT2D eigenvalue weighted by molar-refractivity contribution is 7.99. The lowest BCUT2D eigenvalue weighted by atomic mass is 10.0. The molecule has 0 fully saturated rings. The number of nitrogens with one attached hydrogen (secondary N) is 1. The van der Waals surface area contributed by atoms with Gasteiger partial charge in [0.2, 0.25) is 12.7 Å². The molecule has 1 aliphatic heterocycles. The topological polar surface area (TPSA) is 65.4 Å². The van der Waals surface area contributed by atoms with Gasteiger partial charge in [-0.1, -0.05) is 85.4 Å². The van der Waals surface area contributed by atoms with Gasteiger partial charge in [0.15, 0.2) is 16.7 Å². The Morgan fingerprint density at radius 2 is 1.70 bits per heavy atom. The molecule has 5 rings (SSSR count). The van der Waals surface area contributed by atoms with E-state index in [1.54, 1.807) is 11.8 Å². The molecular formula is C30H31N3O3S. The van der Waals surface area contributed by atoms with Crippen molar-refractivity contribution in [2.24, 2.45) is 0 Å². The Morgan fingerprint density at radius 3 is 2.46 bits per heavy atom. The first-order chi connectivity index (χ1) is 18.2. The molecule has 190 valence electrons. The molecule has 0 saturated heterocycles. The Kier molecular flexibility index (Phi) is 8.11. The van der Waals surface area contributed by atoms with Crippen LogP contribution in [0, 0.1) is 0 Å². The van der Waals surface area contributed by atoms with Crippen LogP contribution in [0.4, 0.5) is 0 Å². The van der Waals surface area contributed by atoms with Crippen molar-refractivity contribution in [3.05, 3.63) is 84.4 Å². The summed E-state index contributed by atoms with van der Waals surface area (Å²) >= 11 is 1.72. The zero-order chi connectivity index (χ0) is 25.5. The number of fused-ring (bicyclic) bond motifs is 1. The van der Waals surface area contributed by atoms with Crippen LogP contribution in [0.15, 0.2) is 84.0 Å². The Morgan fingerprint density at radius 1 is 0.973 bits per heavy atom. The molecule has 4 aromatic rings. The summed E-state index contributed by atoms with van der Waals surface area (Å²) in [6.45, 7) is 3.81. The molecule has 0 aliphatic carbocycles. The summed E-state index contributed by atoms with van der Waals surface area (Å²) in [6, 6.07) is 26.6. The third kappa shape index (κ3) is 6.00. The van der Waals surface area contributed by atoms with Crippen molar-refractivity contribution in [1.82, 2.24) is 14.9 Å². The van der Waals surface area contributed by atoms with Crippen LogP contribution in [0.25, 0.3) is 22.5 Å². The van der Waals surface area contributed by atoms with Crippen LogP contribution in [0.2, 0.25) is 0 Å². The third-order valence-corrected chi connectivity index (χ3v) is 7.24. The van der Waals surface area contributed by atoms with E-state index in [-0.39, 0.29) is 12.7 Å². The van der Waals surface area contributed by atoms with Gasteiger partial charge in [0.1, 0.15) is 0 Å². The van der Waals surface area contributed by atoms with Crippen molar-refractivity contribution in [2.45, 2.75) is 44.4 Å². The van der Waals surface area contributed by atoms with Crippen LogP contribution < -0.4 is 14.8 Å². The predicted octanol–water partition coefficient (Wildman–Crippen LogP) is 6.54. The molecule has 1 amide bonds. The average molecular weight is 514 g/mol. The summed E-state index contributed by atoms with van der Waals surface area (Å²) in [5.74, 6) is 2.35. The molecule has 0 saturated carbocycles. The molecule has 1 N–H and O–H groups in total. The van der Waals surface area contributed by atoms with E-state index < -0.39 is 0 Å². The number of ether oxygens (including phenoxy) is 2. The van der Waals surface area contributed by atoms with Crippen LogP contribution in [0.5, 0.6) is 11.5 Å². The molecule has 1 aromatic heterocycles. The zero-order valence-corrected chi connectivity index (χ0v) is 21.8. The monoisotopic (exact) mass is 513 g/mol. The third-order valence-electron chi connectivity index (χ3n) is 6.18. The Bertz CT molecular complexity index is 1340. The van der Waals surface area contributed by atoms with Gasteiger partial charge in [-0.05, 0) is 30.5 Å². The number of carbonyl (C=O) groups is 1. The van der Waals surface area contributed by atoms with Gasteiger partial charge in [-0.2, -0.15) is 0 Å². The van der Waals surface area contributed by atoms with Crippen molar-refractivity contribution in [1.29, 1.82) is 0 Å². The number of carbonyl (C=O) groups excluding carboxylic acids is 1. The van der Waals surface area contributed by atoms with Crippen molar-refractivity contribution < 1.29 is 14.3 Å². The fourth-order valence-electron chi connectivity index (χ4n) is 4.40. The molecular weight excluding hydrogens is 482 g/mol. The van der Waals surface area contributed by atoms with E-state index in [4.69, 9.17) is 14.5 Å². The van der Waals surface area contributed by atoms with Crippen molar-refractivity contribution >= 4 is 17.7 Å². The molecule has 0 radical (unpaired) electrons. The van der Waals surface area contributed by atoms with E-state index in [9.17, 15) is 4.79 Å². The van der Waals surface area contributed by atoms with Gasteiger partial charge in [0, 0.05) is 36.4 Å². The number of rotatable bonds is 11. The number of amides is 1. The van der Waals surface area contributed by atoms with E-state index in [0.29, 0.717) is 13.0 Å². The summed E-state index contributed by atoms with van der Waals surface area (Å²) in [7, 11) is 0. The molecule has 1 aliphatic rings. The Hall–Kier alpha value is -3.71. The molecule has 2 heterocycles. The summed E-state index contributed by atoms with van der Waals surface area (Å²) < 4.78 is 13.1. The molecule has 0 atom stereocenters. The smallest absolute Gasteiger partial charge is 0.231 e. The highest BCUT2D eigenvalue weighted by Crippen LogP contribution is 2.36. The van der Waals surface area contributed by atoms with Gasteiger partial charge in [0.25, 0.3) is 0 Å². The first-order valence-electron chi connectivity index (χ1n) is 12.7. The summed E-state index contributed by atoms with van der Waals surface area (Å²) in [4.78, 5) is 17.6.